The molecule has 0 radical (unpaired) electrons. The van der Waals surface area contributed by atoms with E-state index >= 15 is 0 Å². The summed E-state index contributed by atoms with van der Waals surface area (Å²) in [4.78, 5) is 14.4. The highest BCUT2D eigenvalue weighted by molar-refractivity contribution is 5.23. The first-order valence-electron chi connectivity index (χ1n) is 5.80. The average molecular weight is 245 g/mol. The van der Waals surface area contributed by atoms with Crippen molar-refractivity contribution in [2.75, 3.05) is 0 Å². The zero-order valence-corrected chi connectivity index (χ0v) is 10.5. The Morgan fingerprint density at radius 2 is 1.94 bits per heavy atom. The first kappa shape index (κ1) is 12.3. The number of hydrogen-bond donors (Lipinski definition) is 0. The van der Waals surface area contributed by atoms with E-state index in [1.807, 2.05) is 31.2 Å². The third kappa shape index (κ3) is 2.56. The minimum Gasteiger partial charge on any atom is -0.358 e. The van der Waals surface area contributed by atoms with Gasteiger partial charge in [0.25, 0.3) is 0 Å². The molecule has 0 aliphatic heterocycles. The highest BCUT2D eigenvalue weighted by Crippen LogP contribution is 2.15. The molecular weight excluding hydrogens is 230 g/mol. The van der Waals surface area contributed by atoms with Gasteiger partial charge in [-0.15, -0.1) is 0 Å². The maximum atomic E-state index is 10.8. The predicted octanol–water partition coefficient (Wildman–Crippen LogP) is 2.65. The van der Waals surface area contributed by atoms with Gasteiger partial charge in [0.15, 0.2) is 5.82 Å². The van der Waals surface area contributed by atoms with E-state index in [2.05, 4.69) is 4.98 Å². The summed E-state index contributed by atoms with van der Waals surface area (Å²) < 4.78 is 1.64. The number of imidazole rings is 1. The van der Waals surface area contributed by atoms with Crippen LogP contribution in [0.3, 0.4) is 0 Å². The number of benzene rings is 1. The van der Waals surface area contributed by atoms with Crippen molar-refractivity contribution in [1.29, 1.82) is 0 Å². The van der Waals surface area contributed by atoms with Crippen molar-refractivity contribution < 1.29 is 4.92 Å². The third-order valence-electron chi connectivity index (χ3n) is 2.97. The Labute approximate surface area is 105 Å². The molecular formula is C13H15N3O2. The Morgan fingerprint density at radius 1 is 1.28 bits per heavy atom. The Balaban J connectivity index is 2.12. The molecule has 1 heterocycles. The molecule has 0 saturated heterocycles. The molecule has 1 aromatic heterocycles. The van der Waals surface area contributed by atoms with Gasteiger partial charge in [0.2, 0.25) is 0 Å². The number of aromatic nitrogens is 2. The van der Waals surface area contributed by atoms with Crippen molar-refractivity contribution in [2.24, 2.45) is 0 Å². The summed E-state index contributed by atoms with van der Waals surface area (Å²) in [5.74, 6) is 0.730. The molecule has 0 aliphatic rings. The molecule has 0 atom stereocenters. The minimum atomic E-state index is -0.394. The van der Waals surface area contributed by atoms with Crippen molar-refractivity contribution in [2.45, 2.75) is 26.8 Å². The number of nitrogens with zero attached hydrogens (tertiary/aromatic N) is 3. The van der Waals surface area contributed by atoms with Crippen LogP contribution in [0.1, 0.15) is 17.0 Å². The van der Waals surface area contributed by atoms with Crippen LogP contribution in [0, 0.1) is 24.0 Å². The highest BCUT2D eigenvalue weighted by Gasteiger charge is 2.16. The average Bonchev–Trinajstić information content (AvgIpc) is 2.70. The van der Waals surface area contributed by atoms with Crippen LogP contribution in [0.25, 0.3) is 0 Å². The maximum absolute atomic E-state index is 10.8. The van der Waals surface area contributed by atoms with Gasteiger partial charge in [-0.2, -0.15) is 0 Å². The van der Waals surface area contributed by atoms with Crippen LogP contribution in [-0.2, 0) is 13.0 Å². The van der Waals surface area contributed by atoms with Crippen molar-refractivity contribution in [1.82, 2.24) is 9.55 Å². The fourth-order valence-corrected chi connectivity index (χ4v) is 1.87. The van der Waals surface area contributed by atoms with Gasteiger partial charge in [-0.1, -0.05) is 29.8 Å². The van der Waals surface area contributed by atoms with Crippen LogP contribution in [0.4, 0.5) is 5.82 Å². The Hall–Kier alpha value is -2.17. The van der Waals surface area contributed by atoms with E-state index in [1.54, 1.807) is 11.5 Å². The van der Waals surface area contributed by atoms with Gasteiger partial charge in [-0.25, -0.2) is 9.55 Å². The second kappa shape index (κ2) is 5.00. The van der Waals surface area contributed by atoms with Crippen molar-refractivity contribution in [3.8, 4) is 0 Å². The summed E-state index contributed by atoms with van der Waals surface area (Å²) in [6.07, 6.45) is 2.07. The van der Waals surface area contributed by atoms with Gasteiger partial charge in [-0.05, 0) is 17.4 Å². The lowest BCUT2D eigenvalue weighted by Crippen LogP contribution is -2.07. The predicted molar refractivity (Wildman–Crippen MR) is 68.5 cm³/mol. The summed E-state index contributed by atoms with van der Waals surface area (Å²) in [5, 5.41) is 10.8. The fraction of sp³-hybridized carbons (Fsp3) is 0.308. The van der Waals surface area contributed by atoms with Crippen LogP contribution in [0.15, 0.2) is 30.5 Å². The lowest BCUT2D eigenvalue weighted by atomic mass is 10.1. The molecule has 1 aromatic carbocycles. The SMILES string of the molecule is Cc1ccc(CCn2c([N+](=O)[O-])cnc2C)cc1. The lowest BCUT2D eigenvalue weighted by molar-refractivity contribution is -0.392. The van der Waals surface area contributed by atoms with E-state index in [-0.39, 0.29) is 5.82 Å². The van der Waals surface area contributed by atoms with Gasteiger partial charge in [0.05, 0.1) is 6.54 Å². The molecule has 18 heavy (non-hydrogen) atoms. The maximum Gasteiger partial charge on any atom is 0.342 e. The number of nitro groups is 1. The first-order valence-corrected chi connectivity index (χ1v) is 5.80. The van der Waals surface area contributed by atoms with E-state index in [1.165, 1.54) is 17.3 Å². The monoisotopic (exact) mass is 245 g/mol. The standard InChI is InChI=1S/C13H15N3O2/c1-10-3-5-12(6-4-10)7-8-15-11(2)14-9-13(15)16(17)18/h3-6,9H,7-8H2,1-2H3. The van der Waals surface area contributed by atoms with Crippen LogP contribution in [0.5, 0.6) is 0 Å². The van der Waals surface area contributed by atoms with Crippen LogP contribution < -0.4 is 0 Å². The molecule has 0 N–H and O–H groups in total. The molecule has 0 saturated carbocycles. The van der Waals surface area contributed by atoms with Crippen LogP contribution >= 0.6 is 0 Å². The van der Waals surface area contributed by atoms with E-state index < -0.39 is 4.92 Å². The molecule has 0 bridgehead atoms. The Bertz CT molecular complexity index is 558. The second-order valence-electron chi connectivity index (χ2n) is 4.31. The Morgan fingerprint density at radius 3 is 2.56 bits per heavy atom. The van der Waals surface area contributed by atoms with E-state index in [0.29, 0.717) is 12.4 Å². The smallest absolute Gasteiger partial charge is 0.342 e. The number of aryl methyl sites for hydroxylation is 3. The van der Waals surface area contributed by atoms with E-state index in [9.17, 15) is 10.1 Å². The summed E-state index contributed by atoms with van der Waals surface area (Å²) in [5.41, 5.74) is 2.38. The minimum absolute atomic E-state index is 0.0552. The van der Waals surface area contributed by atoms with Crippen LogP contribution in [-0.4, -0.2) is 14.5 Å². The van der Waals surface area contributed by atoms with Crippen molar-refractivity contribution >= 4 is 5.82 Å². The van der Waals surface area contributed by atoms with Gasteiger partial charge in [0.1, 0.15) is 6.20 Å². The molecule has 0 aliphatic carbocycles. The normalized spacial score (nSPS) is 10.6. The molecule has 94 valence electrons. The molecule has 0 amide bonds. The summed E-state index contributed by atoms with van der Waals surface area (Å²) in [6, 6.07) is 8.19. The fourth-order valence-electron chi connectivity index (χ4n) is 1.87. The third-order valence-corrected chi connectivity index (χ3v) is 2.97. The zero-order valence-electron chi connectivity index (χ0n) is 10.5. The first-order chi connectivity index (χ1) is 8.58. The van der Waals surface area contributed by atoms with Gasteiger partial charge >= 0.3 is 5.82 Å². The quantitative estimate of drug-likeness (QED) is 0.614. The second-order valence-corrected chi connectivity index (χ2v) is 4.31. The van der Waals surface area contributed by atoms with E-state index in [0.717, 1.165) is 6.42 Å². The molecule has 0 unspecified atom stereocenters. The number of hydrogen-bond acceptors (Lipinski definition) is 3. The summed E-state index contributed by atoms with van der Waals surface area (Å²) in [7, 11) is 0. The largest absolute Gasteiger partial charge is 0.358 e. The topological polar surface area (TPSA) is 61.0 Å². The lowest BCUT2D eigenvalue weighted by Gasteiger charge is -2.03. The summed E-state index contributed by atoms with van der Waals surface area (Å²) in [6.45, 7) is 4.39. The van der Waals surface area contributed by atoms with Crippen molar-refractivity contribution in [3.05, 3.63) is 57.5 Å². The molecule has 0 fully saturated rings. The molecule has 5 nitrogen and oxygen atoms in total. The van der Waals surface area contributed by atoms with Gasteiger partial charge < -0.3 is 10.1 Å². The van der Waals surface area contributed by atoms with E-state index in [4.69, 9.17) is 0 Å². The van der Waals surface area contributed by atoms with Gasteiger partial charge in [0, 0.05) is 13.3 Å². The molecule has 5 heteroatoms. The highest BCUT2D eigenvalue weighted by atomic mass is 16.6. The van der Waals surface area contributed by atoms with Gasteiger partial charge in [-0.3, -0.25) is 0 Å². The molecule has 0 spiro atoms. The Kier molecular flexibility index (Phi) is 3.41. The summed E-state index contributed by atoms with van der Waals surface area (Å²) >= 11 is 0. The molecule has 2 aromatic rings. The molecule has 2 rings (SSSR count). The van der Waals surface area contributed by atoms with Crippen LogP contribution in [0.2, 0.25) is 0 Å². The number of rotatable bonds is 4. The van der Waals surface area contributed by atoms with Crippen molar-refractivity contribution in [3.63, 3.8) is 0 Å². The zero-order chi connectivity index (χ0) is 13.1.